The first kappa shape index (κ1) is 16.1. The molecule has 24 heavy (non-hydrogen) atoms. The van der Waals surface area contributed by atoms with Gasteiger partial charge in [0.05, 0.1) is 11.3 Å². The number of anilines is 3. The summed E-state index contributed by atoms with van der Waals surface area (Å²) in [4.78, 5) is 17.5. The van der Waals surface area contributed by atoms with Crippen LogP contribution in [0.4, 0.5) is 17.2 Å². The van der Waals surface area contributed by atoms with Gasteiger partial charge in [-0.25, -0.2) is 4.98 Å². The molecule has 3 rings (SSSR count). The molecule has 0 unspecified atom stereocenters. The van der Waals surface area contributed by atoms with Gasteiger partial charge in [0.2, 0.25) is 0 Å². The number of benzene rings is 1. The number of fused-ring (bicyclic) bond motifs is 1. The Kier molecular flexibility index (Phi) is 4.01. The summed E-state index contributed by atoms with van der Waals surface area (Å²) < 4.78 is 0. The average Bonchev–Trinajstić information content (AvgIpc) is 2.84. The van der Waals surface area contributed by atoms with Gasteiger partial charge in [0.25, 0.3) is 5.91 Å². The zero-order valence-electron chi connectivity index (χ0n) is 12.6. The van der Waals surface area contributed by atoms with E-state index in [1.807, 2.05) is 6.07 Å². The quantitative estimate of drug-likeness (QED) is 0.648. The molecule has 0 aliphatic carbocycles. The van der Waals surface area contributed by atoms with Crippen molar-refractivity contribution < 1.29 is 4.79 Å². The molecule has 0 aliphatic heterocycles. The van der Waals surface area contributed by atoms with Crippen LogP contribution >= 0.6 is 22.9 Å². The third kappa shape index (κ3) is 2.62. The van der Waals surface area contributed by atoms with Crippen LogP contribution in [0.25, 0.3) is 10.2 Å². The Balaban J connectivity index is 2.07. The molecular weight excluding hydrogens is 346 g/mol. The van der Waals surface area contributed by atoms with E-state index in [2.05, 4.69) is 10.3 Å². The van der Waals surface area contributed by atoms with Crippen LogP contribution in [0, 0.1) is 18.3 Å². The summed E-state index contributed by atoms with van der Waals surface area (Å²) in [6, 6.07) is 8.82. The number of carbonyl (C=O) groups is 1. The number of rotatable bonds is 2. The van der Waals surface area contributed by atoms with Crippen LogP contribution < -0.4 is 16.8 Å². The lowest BCUT2D eigenvalue weighted by Crippen LogP contribution is -2.11. The molecule has 0 saturated heterocycles. The number of nitriles is 1. The van der Waals surface area contributed by atoms with Crippen LogP contribution in [0.5, 0.6) is 0 Å². The van der Waals surface area contributed by atoms with E-state index in [0.29, 0.717) is 31.4 Å². The Morgan fingerprint density at radius 3 is 2.83 bits per heavy atom. The van der Waals surface area contributed by atoms with E-state index < -0.39 is 0 Å². The van der Waals surface area contributed by atoms with Crippen LogP contribution in [0.15, 0.2) is 24.3 Å². The Labute approximate surface area is 146 Å². The third-order valence-electron chi connectivity index (χ3n) is 3.56. The zero-order chi connectivity index (χ0) is 17.4. The summed E-state index contributed by atoms with van der Waals surface area (Å²) >= 11 is 7.05. The van der Waals surface area contributed by atoms with Gasteiger partial charge in [0, 0.05) is 16.1 Å². The van der Waals surface area contributed by atoms with Crippen molar-refractivity contribution in [1.82, 2.24) is 4.98 Å². The van der Waals surface area contributed by atoms with Crippen molar-refractivity contribution >= 4 is 56.3 Å². The molecule has 0 aliphatic rings. The standard InChI is InChI=1S/C16H12ClN5OS/c1-7-10(6-18)14(20)22-16-11(7)12(19)13(24-16)15(23)21-9-4-2-3-8(17)5-9/h2-5H,19H2,1H3,(H2,20,22)(H,21,23). The highest BCUT2D eigenvalue weighted by Gasteiger charge is 2.21. The smallest absolute Gasteiger partial charge is 0.267 e. The fraction of sp³-hybridized carbons (Fsp3) is 0.0625. The summed E-state index contributed by atoms with van der Waals surface area (Å²) in [5.74, 6) is -0.236. The number of amides is 1. The van der Waals surface area contributed by atoms with Crippen molar-refractivity contribution in [2.24, 2.45) is 0 Å². The van der Waals surface area contributed by atoms with E-state index in [1.54, 1.807) is 31.2 Å². The summed E-state index contributed by atoms with van der Waals surface area (Å²) in [5, 5.41) is 13.0. The number of aryl methyl sites for hydroxylation is 1. The highest BCUT2D eigenvalue weighted by Crippen LogP contribution is 2.37. The molecule has 0 bridgehead atoms. The van der Waals surface area contributed by atoms with E-state index in [1.165, 1.54) is 0 Å². The van der Waals surface area contributed by atoms with Crippen LogP contribution in [0.1, 0.15) is 20.8 Å². The first-order valence-corrected chi connectivity index (χ1v) is 8.07. The Hall–Kier alpha value is -2.82. The fourth-order valence-electron chi connectivity index (χ4n) is 2.42. The van der Waals surface area contributed by atoms with Crippen LogP contribution in [-0.2, 0) is 0 Å². The lowest BCUT2D eigenvalue weighted by Gasteiger charge is -2.05. The maximum absolute atomic E-state index is 12.5. The predicted molar refractivity (Wildman–Crippen MR) is 97.3 cm³/mol. The molecule has 1 amide bonds. The van der Waals surface area contributed by atoms with Gasteiger partial charge in [-0.3, -0.25) is 4.79 Å². The van der Waals surface area contributed by atoms with Crippen molar-refractivity contribution in [3.8, 4) is 6.07 Å². The van der Waals surface area contributed by atoms with Gasteiger partial charge in [-0.15, -0.1) is 11.3 Å². The molecule has 6 nitrogen and oxygen atoms in total. The van der Waals surface area contributed by atoms with Crippen molar-refractivity contribution in [3.63, 3.8) is 0 Å². The third-order valence-corrected chi connectivity index (χ3v) is 4.89. The largest absolute Gasteiger partial charge is 0.397 e. The number of halogens is 1. The maximum Gasteiger partial charge on any atom is 0.267 e. The number of aromatic nitrogens is 1. The Morgan fingerprint density at radius 1 is 1.42 bits per heavy atom. The Bertz CT molecular complexity index is 1020. The zero-order valence-corrected chi connectivity index (χ0v) is 14.1. The van der Waals surface area contributed by atoms with E-state index >= 15 is 0 Å². The van der Waals surface area contributed by atoms with Gasteiger partial charge in [-0.2, -0.15) is 5.26 Å². The fourth-order valence-corrected chi connectivity index (χ4v) is 3.67. The molecule has 8 heteroatoms. The second kappa shape index (κ2) is 6.00. The van der Waals surface area contributed by atoms with Gasteiger partial charge >= 0.3 is 0 Å². The summed E-state index contributed by atoms with van der Waals surface area (Å²) in [6.07, 6.45) is 0. The number of hydrogen-bond acceptors (Lipinski definition) is 6. The summed E-state index contributed by atoms with van der Waals surface area (Å²) in [5.41, 5.74) is 13.7. The number of carbonyl (C=O) groups excluding carboxylic acids is 1. The molecule has 5 N–H and O–H groups in total. The minimum atomic E-state index is -0.366. The van der Waals surface area contributed by atoms with Gasteiger partial charge < -0.3 is 16.8 Å². The van der Waals surface area contributed by atoms with Crippen LogP contribution in [0.2, 0.25) is 5.02 Å². The lowest BCUT2D eigenvalue weighted by atomic mass is 10.1. The van der Waals surface area contributed by atoms with Crippen LogP contribution in [-0.4, -0.2) is 10.9 Å². The summed E-state index contributed by atoms with van der Waals surface area (Å²) in [6.45, 7) is 1.74. The van der Waals surface area contributed by atoms with Gasteiger partial charge in [-0.1, -0.05) is 17.7 Å². The number of thiophene rings is 1. The molecule has 2 heterocycles. The van der Waals surface area contributed by atoms with E-state index in [4.69, 9.17) is 23.1 Å². The minimum absolute atomic E-state index is 0.130. The number of hydrogen-bond donors (Lipinski definition) is 3. The first-order valence-electron chi connectivity index (χ1n) is 6.87. The minimum Gasteiger partial charge on any atom is -0.397 e. The number of nitrogens with one attached hydrogen (secondary N) is 1. The van der Waals surface area contributed by atoms with E-state index in [0.717, 1.165) is 11.3 Å². The summed E-state index contributed by atoms with van der Waals surface area (Å²) in [7, 11) is 0. The number of nitrogen functional groups attached to an aromatic ring is 2. The van der Waals surface area contributed by atoms with Gasteiger partial charge in [0.15, 0.2) is 0 Å². The molecule has 0 atom stereocenters. The predicted octanol–water partition coefficient (Wildman–Crippen LogP) is 3.55. The normalized spacial score (nSPS) is 10.5. The van der Waals surface area contributed by atoms with Crippen LogP contribution in [0.3, 0.4) is 0 Å². The highest BCUT2D eigenvalue weighted by molar-refractivity contribution is 7.21. The molecule has 2 aromatic heterocycles. The second-order valence-corrected chi connectivity index (χ2v) is 6.53. The second-order valence-electron chi connectivity index (χ2n) is 5.10. The van der Waals surface area contributed by atoms with Crippen molar-refractivity contribution in [2.75, 3.05) is 16.8 Å². The molecule has 0 radical (unpaired) electrons. The number of nitrogens with zero attached hydrogens (tertiary/aromatic N) is 2. The molecule has 120 valence electrons. The molecule has 0 fully saturated rings. The van der Waals surface area contributed by atoms with Crippen molar-refractivity contribution in [3.05, 3.63) is 45.3 Å². The molecule has 1 aromatic carbocycles. The van der Waals surface area contributed by atoms with Gasteiger partial charge in [-0.05, 0) is 30.7 Å². The first-order chi connectivity index (χ1) is 11.4. The van der Waals surface area contributed by atoms with Crippen molar-refractivity contribution in [1.29, 1.82) is 5.26 Å². The molecule has 0 spiro atoms. The number of pyridine rings is 1. The monoisotopic (exact) mass is 357 g/mol. The molecule has 0 saturated carbocycles. The molecular formula is C16H12ClN5OS. The lowest BCUT2D eigenvalue weighted by molar-refractivity contribution is 0.103. The van der Waals surface area contributed by atoms with E-state index in [-0.39, 0.29) is 23.0 Å². The topological polar surface area (TPSA) is 118 Å². The average molecular weight is 358 g/mol. The molecule has 3 aromatic rings. The Morgan fingerprint density at radius 2 is 2.17 bits per heavy atom. The van der Waals surface area contributed by atoms with E-state index in [9.17, 15) is 10.1 Å². The maximum atomic E-state index is 12.5. The van der Waals surface area contributed by atoms with Crippen molar-refractivity contribution in [2.45, 2.75) is 6.92 Å². The highest BCUT2D eigenvalue weighted by atomic mass is 35.5. The number of nitrogens with two attached hydrogens (primary N) is 2. The van der Waals surface area contributed by atoms with Gasteiger partial charge in [0.1, 0.15) is 21.6 Å². The SMILES string of the molecule is Cc1c(C#N)c(N)nc2sc(C(=O)Nc3cccc(Cl)c3)c(N)c12.